The lowest BCUT2D eigenvalue weighted by molar-refractivity contribution is -0.142. The molecule has 1 N–H and O–H groups in total. The van der Waals surface area contributed by atoms with Crippen LogP contribution in [0.25, 0.3) is 0 Å². The molecule has 0 aliphatic carbocycles. The van der Waals surface area contributed by atoms with E-state index in [0.29, 0.717) is 25.4 Å². The van der Waals surface area contributed by atoms with Crippen LogP contribution in [0.1, 0.15) is 0 Å². The molecule has 1 aliphatic rings. The van der Waals surface area contributed by atoms with E-state index in [0.717, 1.165) is 0 Å². The van der Waals surface area contributed by atoms with E-state index in [2.05, 4.69) is 4.72 Å². The molecule has 1 fully saturated rings. The molecule has 0 spiro atoms. The number of carbonyl (C=O) groups is 1. The second kappa shape index (κ2) is 7.28. The Morgan fingerprint density at radius 3 is 2.86 bits per heavy atom. The average molecular weight is 349 g/mol. The number of hydrogen-bond donors (Lipinski definition) is 1. The van der Waals surface area contributed by atoms with Gasteiger partial charge in [-0.3, -0.25) is 4.79 Å². The van der Waals surface area contributed by atoms with Gasteiger partial charge in [-0.15, -0.1) is 0 Å². The molecule has 2 rings (SSSR count). The van der Waals surface area contributed by atoms with Crippen molar-refractivity contribution in [3.8, 4) is 5.75 Å². The predicted octanol–water partition coefficient (Wildman–Crippen LogP) is 0.486. The predicted molar refractivity (Wildman–Crippen MR) is 80.6 cm³/mol. The van der Waals surface area contributed by atoms with Crippen LogP contribution in [0.4, 0.5) is 0 Å². The van der Waals surface area contributed by atoms with Crippen LogP contribution in [0.15, 0.2) is 23.1 Å². The molecular weight excluding hydrogens is 332 g/mol. The molecule has 0 aromatic heterocycles. The van der Waals surface area contributed by atoms with Gasteiger partial charge in [0, 0.05) is 19.6 Å². The van der Waals surface area contributed by atoms with Crippen LogP contribution in [-0.4, -0.2) is 59.2 Å². The Kier molecular flexibility index (Phi) is 5.63. The summed E-state index contributed by atoms with van der Waals surface area (Å²) < 4.78 is 36.8. The van der Waals surface area contributed by atoms with Crippen LogP contribution >= 0.6 is 11.6 Å². The van der Waals surface area contributed by atoms with Crippen LogP contribution in [0.5, 0.6) is 5.75 Å². The van der Waals surface area contributed by atoms with Crippen LogP contribution in [-0.2, 0) is 19.6 Å². The largest absolute Gasteiger partial charge is 0.495 e. The van der Waals surface area contributed by atoms with Crippen molar-refractivity contribution in [3.63, 3.8) is 0 Å². The Labute approximate surface area is 134 Å². The summed E-state index contributed by atoms with van der Waals surface area (Å²) in [7, 11) is -2.23. The quantitative estimate of drug-likeness (QED) is 0.808. The lowest BCUT2D eigenvalue weighted by Crippen LogP contribution is -2.45. The summed E-state index contributed by atoms with van der Waals surface area (Å²) in [5.74, 6) is 0.262. The summed E-state index contributed by atoms with van der Waals surface area (Å²) in [5, 5.41) is 0.216. The van der Waals surface area contributed by atoms with Crippen molar-refractivity contribution in [1.82, 2.24) is 9.62 Å². The highest BCUT2D eigenvalue weighted by atomic mass is 35.5. The molecule has 1 saturated heterocycles. The Hall–Kier alpha value is -1.35. The highest BCUT2D eigenvalue weighted by Gasteiger charge is 2.20. The Bertz CT molecular complexity index is 650. The second-order valence-corrected chi connectivity index (χ2v) is 6.80. The molecule has 1 aromatic carbocycles. The third kappa shape index (κ3) is 4.10. The number of hydrogen-bond acceptors (Lipinski definition) is 5. The van der Waals surface area contributed by atoms with Crippen LogP contribution in [0, 0.1) is 0 Å². The first-order chi connectivity index (χ1) is 10.4. The maximum absolute atomic E-state index is 12.2. The zero-order valence-corrected chi connectivity index (χ0v) is 13.6. The standard InChI is InChI=1S/C13H17ClN2O5S/c1-20-12-3-2-10(8-11(12)14)22(18,19)15-4-5-16-6-7-21-9-13(16)17/h2-3,8,15H,4-7,9H2,1H3. The maximum atomic E-state index is 12.2. The van der Waals surface area contributed by atoms with Crippen LogP contribution in [0.2, 0.25) is 5.02 Å². The van der Waals surface area contributed by atoms with Gasteiger partial charge in [0.25, 0.3) is 0 Å². The minimum Gasteiger partial charge on any atom is -0.495 e. The van der Waals surface area contributed by atoms with E-state index >= 15 is 0 Å². The number of carbonyl (C=O) groups excluding carboxylic acids is 1. The third-order valence-corrected chi connectivity index (χ3v) is 4.95. The minimum absolute atomic E-state index is 0.0425. The lowest BCUT2D eigenvalue weighted by atomic mass is 10.3. The first-order valence-corrected chi connectivity index (χ1v) is 8.49. The second-order valence-electron chi connectivity index (χ2n) is 4.63. The summed E-state index contributed by atoms with van der Waals surface area (Å²) >= 11 is 5.93. The summed E-state index contributed by atoms with van der Waals surface area (Å²) in [6.07, 6.45) is 0. The molecule has 0 atom stereocenters. The van der Waals surface area contributed by atoms with Crippen LogP contribution < -0.4 is 9.46 Å². The van der Waals surface area contributed by atoms with E-state index in [1.165, 1.54) is 25.3 Å². The van der Waals surface area contributed by atoms with Gasteiger partial charge >= 0.3 is 0 Å². The number of benzene rings is 1. The summed E-state index contributed by atoms with van der Waals surface area (Å²) in [5.41, 5.74) is 0. The number of nitrogens with zero attached hydrogens (tertiary/aromatic N) is 1. The molecule has 1 aromatic rings. The van der Waals surface area contributed by atoms with Crippen molar-refractivity contribution in [2.24, 2.45) is 0 Å². The molecule has 0 saturated carbocycles. The maximum Gasteiger partial charge on any atom is 0.248 e. The number of rotatable bonds is 6. The van der Waals surface area contributed by atoms with Crippen molar-refractivity contribution in [2.45, 2.75) is 4.90 Å². The normalized spacial score (nSPS) is 15.9. The summed E-state index contributed by atoms with van der Waals surface area (Å²) in [6, 6.07) is 4.22. The number of nitrogens with one attached hydrogen (secondary N) is 1. The number of morpholine rings is 1. The molecule has 1 aliphatic heterocycles. The van der Waals surface area contributed by atoms with Gasteiger partial charge in [0.15, 0.2) is 0 Å². The molecule has 7 nitrogen and oxygen atoms in total. The number of ether oxygens (including phenoxy) is 2. The first kappa shape index (κ1) is 17.0. The van der Waals surface area contributed by atoms with E-state index < -0.39 is 10.0 Å². The zero-order chi connectivity index (χ0) is 16.2. The summed E-state index contributed by atoms with van der Waals surface area (Å²) in [6.45, 7) is 1.39. The first-order valence-electron chi connectivity index (χ1n) is 6.63. The molecule has 9 heteroatoms. The van der Waals surface area contributed by atoms with Gasteiger partial charge < -0.3 is 14.4 Å². The van der Waals surface area contributed by atoms with E-state index in [1.54, 1.807) is 4.90 Å². The molecule has 0 unspecified atom stereocenters. The molecule has 0 radical (unpaired) electrons. The number of methoxy groups -OCH3 is 1. The lowest BCUT2D eigenvalue weighted by Gasteiger charge is -2.26. The van der Waals surface area contributed by atoms with Crippen LogP contribution in [0.3, 0.4) is 0 Å². The smallest absolute Gasteiger partial charge is 0.248 e. The van der Waals surface area contributed by atoms with E-state index in [9.17, 15) is 13.2 Å². The fourth-order valence-electron chi connectivity index (χ4n) is 2.00. The average Bonchev–Trinajstić information content (AvgIpc) is 2.49. The fraction of sp³-hybridized carbons (Fsp3) is 0.462. The number of halogens is 1. The number of amides is 1. The zero-order valence-electron chi connectivity index (χ0n) is 12.0. The molecule has 122 valence electrons. The van der Waals surface area contributed by atoms with E-state index in [4.69, 9.17) is 21.1 Å². The summed E-state index contributed by atoms with van der Waals surface area (Å²) in [4.78, 5) is 13.1. The van der Waals surface area contributed by atoms with Crippen molar-refractivity contribution in [2.75, 3.05) is 40.0 Å². The topological polar surface area (TPSA) is 84.9 Å². The van der Waals surface area contributed by atoms with Crippen molar-refractivity contribution >= 4 is 27.5 Å². The van der Waals surface area contributed by atoms with E-state index in [1.807, 2.05) is 0 Å². The van der Waals surface area contributed by atoms with Gasteiger partial charge in [-0.05, 0) is 18.2 Å². The Morgan fingerprint density at radius 2 is 2.23 bits per heavy atom. The molecule has 0 bridgehead atoms. The van der Waals surface area contributed by atoms with Crippen molar-refractivity contribution < 1.29 is 22.7 Å². The van der Waals surface area contributed by atoms with E-state index in [-0.39, 0.29) is 29.0 Å². The van der Waals surface area contributed by atoms with Gasteiger partial charge in [0.05, 0.1) is 23.6 Å². The molecule has 1 amide bonds. The SMILES string of the molecule is COc1ccc(S(=O)(=O)NCCN2CCOCC2=O)cc1Cl. The van der Waals surface area contributed by atoms with Gasteiger partial charge in [-0.25, -0.2) is 13.1 Å². The van der Waals surface area contributed by atoms with Gasteiger partial charge in [0.1, 0.15) is 12.4 Å². The monoisotopic (exact) mass is 348 g/mol. The number of sulfonamides is 1. The molecule has 22 heavy (non-hydrogen) atoms. The van der Waals surface area contributed by atoms with Gasteiger partial charge in [0.2, 0.25) is 15.9 Å². The molecular formula is C13H17ClN2O5S. The highest BCUT2D eigenvalue weighted by molar-refractivity contribution is 7.89. The Morgan fingerprint density at radius 1 is 1.45 bits per heavy atom. The van der Waals surface area contributed by atoms with Crippen molar-refractivity contribution in [3.05, 3.63) is 23.2 Å². The van der Waals surface area contributed by atoms with Gasteiger partial charge in [-0.2, -0.15) is 0 Å². The molecule has 1 heterocycles. The minimum atomic E-state index is -3.69. The van der Waals surface area contributed by atoms with Gasteiger partial charge in [-0.1, -0.05) is 11.6 Å². The van der Waals surface area contributed by atoms with Crippen molar-refractivity contribution in [1.29, 1.82) is 0 Å². The Balaban J connectivity index is 1.96. The third-order valence-electron chi connectivity index (χ3n) is 3.19. The fourth-order valence-corrected chi connectivity index (χ4v) is 3.37. The highest BCUT2D eigenvalue weighted by Crippen LogP contribution is 2.26.